The van der Waals surface area contributed by atoms with E-state index in [2.05, 4.69) is 10.6 Å². The number of benzene rings is 1. The molecule has 1 aromatic carbocycles. The summed E-state index contributed by atoms with van der Waals surface area (Å²) in [4.78, 5) is 72.4. The highest BCUT2D eigenvalue weighted by Gasteiger charge is 2.43. The number of hydrogen-bond acceptors (Lipinski definition) is 10. The quantitative estimate of drug-likeness (QED) is 0.158. The Morgan fingerprint density at radius 3 is 2.06 bits per heavy atom. The van der Waals surface area contributed by atoms with Gasteiger partial charge in [0.25, 0.3) is 0 Å². The van der Waals surface area contributed by atoms with Crippen molar-refractivity contribution in [1.29, 1.82) is 0 Å². The van der Waals surface area contributed by atoms with Crippen LogP contribution in [0, 0.1) is 17.8 Å². The first-order valence-corrected chi connectivity index (χ1v) is 18.7. The number of ether oxygens (including phenoxy) is 3. The van der Waals surface area contributed by atoms with Crippen LogP contribution < -0.4 is 10.6 Å². The minimum Gasteiger partial charge on any atom is -0.467 e. The maximum atomic E-state index is 14.1. The van der Waals surface area contributed by atoms with Crippen LogP contribution in [-0.4, -0.2) is 147 Å². The minimum absolute atomic E-state index is 0.0326. The largest absolute Gasteiger partial charge is 0.467 e. The van der Waals surface area contributed by atoms with Crippen LogP contribution in [0.15, 0.2) is 30.3 Å². The molecule has 0 spiro atoms. The number of likely N-dealkylation sites (N-methyl/N-ethyl adjacent to an activating group) is 2. The van der Waals surface area contributed by atoms with E-state index in [0.717, 1.165) is 5.56 Å². The third-order valence-electron chi connectivity index (χ3n) is 10.6. The fourth-order valence-electron chi connectivity index (χ4n) is 7.62. The minimum atomic E-state index is -1.18. The number of esters is 1. The van der Waals surface area contributed by atoms with Crippen molar-refractivity contribution in [3.8, 4) is 0 Å². The number of carbonyl (C=O) groups is 5. The van der Waals surface area contributed by atoms with Gasteiger partial charge in [0.05, 0.1) is 56.4 Å². The summed E-state index contributed by atoms with van der Waals surface area (Å²) in [6, 6.07) is 5.76. The summed E-state index contributed by atoms with van der Waals surface area (Å²) >= 11 is 0. The summed E-state index contributed by atoms with van der Waals surface area (Å²) < 4.78 is 16.8. The molecule has 0 saturated carbocycles. The third kappa shape index (κ3) is 12.2. The first-order valence-electron chi connectivity index (χ1n) is 18.7. The first-order chi connectivity index (χ1) is 25.1. The van der Waals surface area contributed by atoms with Crippen LogP contribution in [0.4, 0.5) is 0 Å². The molecule has 0 aliphatic carbocycles. The Kier molecular flexibility index (Phi) is 18.9. The summed E-state index contributed by atoms with van der Waals surface area (Å²) in [7, 11) is 9.46. The number of amides is 4. The molecule has 1 fully saturated rings. The van der Waals surface area contributed by atoms with Crippen LogP contribution in [0.2, 0.25) is 0 Å². The van der Waals surface area contributed by atoms with Crippen LogP contribution in [-0.2, 0) is 44.6 Å². The van der Waals surface area contributed by atoms with Gasteiger partial charge < -0.3 is 39.8 Å². The van der Waals surface area contributed by atoms with Gasteiger partial charge in [0.1, 0.15) is 12.1 Å². The fourth-order valence-corrected chi connectivity index (χ4v) is 7.62. The molecule has 1 aliphatic heterocycles. The zero-order chi connectivity index (χ0) is 40.0. The molecule has 53 heavy (non-hydrogen) atoms. The number of nitrogens with one attached hydrogen (secondary N) is 2. The predicted octanol–water partition coefficient (Wildman–Crippen LogP) is 1.87. The number of aliphatic hydroxyl groups excluding tert-OH is 1. The van der Waals surface area contributed by atoms with E-state index in [1.807, 2.05) is 58.0 Å². The molecule has 1 unspecified atom stereocenters. The van der Waals surface area contributed by atoms with Gasteiger partial charge in [-0.15, -0.1) is 0 Å². The average molecular weight is 748 g/mol. The van der Waals surface area contributed by atoms with Crippen LogP contribution in [0.25, 0.3) is 0 Å². The van der Waals surface area contributed by atoms with Crippen LogP contribution >= 0.6 is 0 Å². The van der Waals surface area contributed by atoms with Crippen LogP contribution in [0.5, 0.6) is 0 Å². The average Bonchev–Trinajstić information content (AvgIpc) is 3.62. The number of rotatable bonds is 21. The molecule has 4 amide bonds. The molecule has 14 nitrogen and oxygen atoms in total. The van der Waals surface area contributed by atoms with E-state index in [0.29, 0.717) is 25.8 Å². The van der Waals surface area contributed by atoms with Gasteiger partial charge in [-0.1, -0.05) is 71.4 Å². The zero-order valence-corrected chi connectivity index (χ0v) is 33.7. The van der Waals surface area contributed by atoms with Crippen LogP contribution in [0.1, 0.15) is 65.9 Å². The second-order valence-electron chi connectivity index (χ2n) is 14.8. The Morgan fingerprint density at radius 2 is 1.55 bits per heavy atom. The summed E-state index contributed by atoms with van der Waals surface area (Å²) in [5, 5.41) is 15.8. The first kappa shape index (κ1) is 45.6. The summed E-state index contributed by atoms with van der Waals surface area (Å²) in [5.41, 5.74) is 0.864. The fraction of sp³-hybridized carbons (Fsp3) is 0.718. The molecular formula is C39H65N5O9. The van der Waals surface area contributed by atoms with Gasteiger partial charge >= 0.3 is 5.97 Å². The Bertz CT molecular complexity index is 1320. The van der Waals surface area contributed by atoms with Gasteiger partial charge in [0, 0.05) is 34.2 Å². The molecule has 1 heterocycles. The number of likely N-dealkylation sites (tertiary alicyclic amines) is 1. The van der Waals surface area contributed by atoms with E-state index < -0.39 is 72.7 Å². The van der Waals surface area contributed by atoms with Crippen molar-refractivity contribution < 1.29 is 43.3 Å². The van der Waals surface area contributed by atoms with Gasteiger partial charge in [0.2, 0.25) is 23.6 Å². The molecule has 2 rings (SSSR count). The number of methoxy groups -OCH3 is 3. The zero-order valence-electron chi connectivity index (χ0n) is 33.7. The Labute approximate surface area is 316 Å². The predicted molar refractivity (Wildman–Crippen MR) is 202 cm³/mol. The highest BCUT2D eigenvalue weighted by Crippen LogP contribution is 2.29. The number of aliphatic hydroxyl groups is 1. The lowest BCUT2D eigenvalue weighted by Gasteiger charge is -2.40. The maximum Gasteiger partial charge on any atom is 0.328 e. The second kappa shape index (κ2) is 21.9. The summed E-state index contributed by atoms with van der Waals surface area (Å²) in [6.45, 7) is 9.36. The lowest BCUT2D eigenvalue weighted by molar-refractivity contribution is -0.149. The number of nitrogens with zero attached hydrogens (tertiary/aromatic N) is 3. The highest BCUT2D eigenvalue weighted by atomic mass is 16.5. The maximum absolute atomic E-state index is 14.1. The summed E-state index contributed by atoms with van der Waals surface area (Å²) in [5.74, 6) is -2.88. The van der Waals surface area contributed by atoms with Gasteiger partial charge in [-0.3, -0.25) is 24.1 Å². The third-order valence-corrected chi connectivity index (χ3v) is 10.6. The second-order valence-corrected chi connectivity index (χ2v) is 14.8. The normalized spacial score (nSPS) is 19.1. The molecule has 0 aromatic heterocycles. The topological polar surface area (TPSA) is 167 Å². The van der Waals surface area contributed by atoms with E-state index in [1.165, 1.54) is 26.2 Å². The van der Waals surface area contributed by atoms with Crippen molar-refractivity contribution in [2.24, 2.45) is 17.8 Å². The van der Waals surface area contributed by atoms with Gasteiger partial charge in [-0.2, -0.15) is 0 Å². The van der Waals surface area contributed by atoms with Crippen molar-refractivity contribution in [2.45, 2.75) is 109 Å². The number of hydrogen-bond donors (Lipinski definition) is 3. The number of carbonyl (C=O) groups excluding carboxylic acids is 5. The molecular weight excluding hydrogens is 682 g/mol. The Morgan fingerprint density at radius 1 is 0.925 bits per heavy atom. The lowest BCUT2D eigenvalue weighted by atomic mass is 9.90. The van der Waals surface area contributed by atoms with E-state index in [4.69, 9.17) is 14.2 Å². The smallest absolute Gasteiger partial charge is 0.328 e. The van der Waals surface area contributed by atoms with Gasteiger partial charge in [-0.25, -0.2) is 4.79 Å². The molecule has 14 heteroatoms. The molecule has 1 saturated heterocycles. The molecule has 0 bridgehead atoms. The Hall–Kier alpha value is -3.59. The SMILES string of the molecule is CC[C@H](C)[C@@H]([C@@H](CC(=O)N1CCC[C@H]1[C@H](OC)[C@@H](C)C(=O)N[C@@H](Cc1ccccc1)C(=O)OC)OC)N(C)C(=O)[C@H](CO)NC(=O)C(C(C)C)N(C)C. The molecule has 300 valence electrons. The highest BCUT2D eigenvalue weighted by molar-refractivity contribution is 5.90. The van der Waals surface area contributed by atoms with E-state index in [1.54, 1.807) is 37.9 Å². The Balaban J connectivity index is 2.25. The van der Waals surface area contributed by atoms with E-state index in [9.17, 15) is 29.1 Å². The van der Waals surface area contributed by atoms with E-state index in [-0.39, 0.29) is 36.5 Å². The molecule has 3 N–H and O–H groups in total. The monoisotopic (exact) mass is 747 g/mol. The standard InChI is InChI=1S/C39H65N5O9/c1-12-25(4)34(43(8)38(49)29(23-45)41-37(48)33(24(2)3)42(6)7)31(51-9)22-32(46)44-20-16-19-30(44)35(52-10)26(5)36(47)40-28(39(50)53-11)21-27-17-14-13-15-18-27/h13-15,17-18,24-26,28-31,33-35,45H,12,16,19-23H2,1-11H3,(H,40,47)(H,41,48)/t25-,26+,28-,29-,30-,31+,33?,34-,35+/m0/s1. The van der Waals surface area contributed by atoms with Gasteiger partial charge in [0.15, 0.2) is 0 Å². The van der Waals surface area contributed by atoms with Crippen molar-refractivity contribution in [1.82, 2.24) is 25.3 Å². The molecule has 1 aromatic rings. The van der Waals surface area contributed by atoms with Crippen molar-refractivity contribution in [3.05, 3.63) is 35.9 Å². The molecule has 1 aliphatic rings. The molecule has 9 atom stereocenters. The summed E-state index contributed by atoms with van der Waals surface area (Å²) in [6.07, 6.45) is 0.806. The van der Waals surface area contributed by atoms with Crippen LogP contribution in [0.3, 0.4) is 0 Å². The molecule has 0 radical (unpaired) electrons. The van der Waals surface area contributed by atoms with Crippen molar-refractivity contribution in [3.63, 3.8) is 0 Å². The van der Waals surface area contributed by atoms with Crippen molar-refractivity contribution in [2.75, 3.05) is 55.6 Å². The van der Waals surface area contributed by atoms with Crippen molar-refractivity contribution >= 4 is 29.6 Å². The van der Waals surface area contributed by atoms with E-state index >= 15 is 0 Å². The van der Waals surface area contributed by atoms with Gasteiger partial charge in [-0.05, 0) is 44.3 Å². The lowest BCUT2D eigenvalue weighted by Crippen LogP contribution is -2.59.